The summed E-state index contributed by atoms with van der Waals surface area (Å²) in [5.41, 5.74) is 1.35. The van der Waals surface area contributed by atoms with E-state index in [2.05, 4.69) is 25.8 Å². The molecule has 116 valence electrons. The first-order valence-electron chi connectivity index (χ1n) is 6.63. The predicted molar refractivity (Wildman–Crippen MR) is 85.2 cm³/mol. The van der Waals surface area contributed by atoms with Crippen LogP contribution < -0.4 is 0 Å². The fourth-order valence-electron chi connectivity index (χ4n) is 2.24. The Morgan fingerprint density at radius 1 is 1.29 bits per heavy atom. The summed E-state index contributed by atoms with van der Waals surface area (Å²) in [6.45, 7) is 7.23. The quantitative estimate of drug-likeness (QED) is 0.603. The first-order chi connectivity index (χ1) is 9.62. The third-order valence-electron chi connectivity index (χ3n) is 3.54. The van der Waals surface area contributed by atoms with Gasteiger partial charge in [-0.15, -0.1) is 0 Å². The zero-order chi connectivity index (χ0) is 15.8. The summed E-state index contributed by atoms with van der Waals surface area (Å²) < 4.78 is 26.6. The van der Waals surface area contributed by atoms with Crippen molar-refractivity contribution in [1.29, 1.82) is 0 Å². The molecule has 0 bridgehead atoms. The molecule has 0 N–H and O–H groups in total. The van der Waals surface area contributed by atoms with Crippen LogP contribution in [-0.2, 0) is 10.0 Å². The standard InChI is InChI=1S/C14H18Cl2N2O2S/c1-14(2,3)10-4-6-18(7-5-10)21(19,20)11-8-12(15)13(16)17-9-11/h4,8-9H,5-7H2,1-3H3. The molecule has 7 heteroatoms. The van der Waals surface area contributed by atoms with Gasteiger partial charge in [0, 0.05) is 19.3 Å². The molecule has 0 aliphatic carbocycles. The molecular weight excluding hydrogens is 331 g/mol. The second-order valence-corrected chi connectivity index (χ2v) is 8.74. The Hall–Kier alpha value is -0.620. The predicted octanol–water partition coefficient (Wildman–Crippen LogP) is 3.76. The van der Waals surface area contributed by atoms with E-state index in [-0.39, 0.29) is 20.5 Å². The summed E-state index contributed by atoms with van der Waals surface area (Å²) in [6.07, 6.45) is 3.97. The van der Waals surface area contributed by atoms with E-state index in [1.165, 1.54) is 22.1 Å². The number of aromatic nitrogens is 1. The SMILES string of the molecule is CC(C)(C)C1=CCN(S(=O)(=O)c2cnc(Cl)c(Cl)c2)CC1. The van der Waals surface area contributed by atoms with Crippen LogP contribution in [0.15, 0.2) is 28.8 Å². The van der Waals surface area contributed by atoms with Crippen LogP contribution >= 0.6 is 23.2 Å². The number of rotatable bonds is 2. The molecular formula is C14H18Cl2N2O2S. The van der Waals surface area contributed by atoms with E-state index >= 15 is 0 Å². The molecule has 0 fully saturated rings. The maximum absolute atomic E-state index is 12.6. The van der Waals surface area contributed by atoms with E-state index in [4.69, 9.17) is 23.2 Å². The van der Waals surface area contributed by atoms with Crippen LogP contribution in [0.2, 0.25) is 10.2 Å². The van der Waals surface area contributed by atoms with Gasteiger partial charge in [-0.1, -0.05) is 55.6 Å². The summed E-state index contributed by atoms with van der Waals surface area (Å²) >= 11 is 11.6. The number of sulfonamides is 1. The van der Waals surface area contributed by atoms with Crippen molar-refractivity contribution in [2.75, 3.05) is 13.1 Å². The highest BCUT2D eigenvalue weighted by molar-refractivity contribution is 7.89. The third kappa shape index (κ3) is 3.59. The molecule has 0 saturated heterocycles. The van der Waals surface area contributed by atoms with Gasteiger partial charge in [0.05, 0.1) is 5.02 Å². The van der Waals surface area contributed by atoms with Crippen molar-refractivity contribution in [3.63, 3.8) is 0 Å². The van der Waals surface area contributed by atoms with E-state index in [9.17, 15) is 8.42 Å². The molecule has 1 aliphatic rings. The van der Waals surface area contributed by atoms with Crippen molar-refractivity contribution < 1.29 is 8.42 Å². The number of pyridine rings is 1. The zero-order valence-corrected chi connectivity index (χ0v) is 14.6. The lowest BCUT2D eigenvalue weighted by Gasteiger charge is -2.31. The van der Waals surface area contributed by atoms with Crippen LogP contribution in [0.3, 0.4) is 0 Å². The largest absolute Gasteiger partial charge is 0.244 e. The monoisotopic (exact) mass is 348 g/mol. The van der Waals surface area contributed by atoms with Gasteiger partial charge >= 0.3 is 0 Å². The van der Waals surface area contributed by atoms with Crippen molar-refractivity contribution in [3.8, 4) is 0 Å². The van der Waals surface area contributed by atoms with Crippen molar-refractivity contribution in [2.24, 2.45) is 5.41 Å². The number of halogens is 2. The van der Waals surface area contributed by atoms with Crippen molar-refractivity contribution in [1.82, 2.24) is 9.29 Å². The Morgan fingerprint density at radius 3 is 2.43 bits per heavy atom. The Balaban J connectivity index is 2.26. The molecule has 0 radical (unpaired) electrons. The fourth-order valence-corrected chi connectivity index (χ4v) is 3.93. The topological polar surface area (TPSA) is 50.3 Å². The van der Waals surface area contributed by atoms with E-state index in [0.717, 1.165) is 6.42 Å². The van der Waals surface area contributed by atoms with Crippen LogP contribution in [-0.4, -0.2) is 30.8 Å². The van der Waals surface area contributed by atoms with Gasteiger partial charge in [-0.2, -0.15) is 4.31 Å². The van der Waals surface area contributed by atoms with Crippen LogP contribution in [0.4, 0.5) is 0 Å². The molecule has 1 aliphatic heterocycles. The van der Waals surface area contributed by atoms with Gasteiger partial charge in [0.15, 0.2) is 0 Å². The highest BCUT2D eigenvalue weighted by Gasteiger charge is 2.29. The van der Waals surface area contributed by atoms with Crippen LogP contribution in [0.25, 0.3) is 0 Å². The first kappa shape index (κ1) is 16.7. The molecule has 2 rings (SSSR count). The normalized spacial score (nSPS) is 17.7. The summed E-state index contributed by atoms with van der Waals surface area (Å²) in [6, 6.07) is 1.34. The average molecular weight is 349 g/mol. The van der Waals surface area contributed by atoms with Crippen molar-refractivity contribution >= 4 is 33.2 Å². The lowest BCUT2D eigenvalue weighted by Crippen LogP contribution is -2.36. The van der Waals surface area contributed by atoms with Gasteiger partial charge in [0.1, 0.15) is 10.0 Å². The second-order valence-electron chi connectivity index (χ2n) is 6.04. The van der Waals surface area contributed by atoms with Gasteiger partial charge in [0.25, 0.3) is 0 Å². The molecule has 4 nitrogen and oxygen atoms in total. The van der Waals surface area contributed by atoms with Gasteiger partial charge in [0.2, 0.25) is 10.0 Å². The van der Waals surface area contributed by atoms with Gasteiger partial charge in [-0.05, 0) is 17.9 Å². The number of hydrogen-bond donors (Lipinski definition) is 0. The lowest BCUT2D eigenvalue weighted by molar-refractivity contribution is 0.389. The fraction of sp³-hybridized carbons (Fsp3) is 0.500. The van der Waals surface area contributed by atoms with Crippen LogP contribution in [0, 0.1) is 5.41 Å². The van der Waals surface area contributed by atoms with Gasteiger partial charge in [-0.3, -0.25) is 0 Å². The molecule has 0 unspecified atom stereocenters. The van der Waals surface area contributed by atoms with Crippen molar-refractivity contribution in [2.45, 2.75) is 32.1 Å². The minimum absolute atomic E-state index is 0.0704. The molecule has 1 aromatic rings. The zero-order valence-electron chi connectivity index (χ0n) is 12.2. The lowest BCUT2D eigenvalue weighted by atomic mass is 9.83. The van der Waals surface area contributed by atoms with E-state index < -0.39 is 10.0 Å². The molecule has 0 saturated carbocycles. The number of nitrogens with zero attached hydrogens (tertiary/aromatic N) is 2. The number of hydrogen-bond acceptors (Lipinski definition) is 3. The van der Waals surface area contributed by atoms with Gasteiger partial charge in [-0.25, -0.2) is 13.4 Å². The second kappa shape index (κ2) is 5.88. The molecule has 0 amide bonds. The minimum Gasteiger partial charge on any atom is -0.242 e. The molecule has 2 heterocycles. The summed E-state index contributed by atoms with van der Waals surface area (Å²) in [5.74, 6) is 0. The summed E-state index contributed by atoms with van der Waals surface area (Å²) in [5, 5.41) is 0.241. The minimum atomic E-state index is -3.59. The molecule has 0 spiro atoms. The molecule has 0 atom stereocenters. The van der Waals surface area contributed by atoms with Gasteiger partial charge < -0.3 is 0 Å². The Labute approximate surface area is 135 Å². The Morgan fingerprint density at radius 2 is 1.95 bits per heavy atom. The van der Waals surface area contributed by atoms with E-state index in [1.807, 2.05) is 6.08 Å². The first-order valence-corrected chi connectivity index (χ1v) is 8.82. The highest BCUT2D eigenvalue weighted by atomic mass is 35.5. The Kier molecular flexibility index (Phi) is 4.69. The third-order valence-corrected chi connectivity index (χ3v) is 6.06. The van der Waals surface area contributed by atoms with E-state index in [1.54, 1.807) is 0 Å². The summed E-state index contributed by atoms with van der Waals surface area (Å²) in [7, 11) is -3.59. The van der Waals surface area contributed by atoms with Crippen molar-refractivity contribution in [3.05, 3.63) is 34.1 Å². The molecule has 0 aromatic carbocycles. The molecule has 1 aromatic heterocycles. The summed E-state index contributed by atoms with van der Waals surface area (Å²) in [4.78, 5) is 3.88. The smallest absolute Gasteiger partial charge is 0.242 e. The molecule has 21 heavy (non-hydrogen) atoms. The van der Waals surface area contributed by atoms with Crippen LogP contribution in [0.1, 0.15) is 27.2 Å². The maximum atomic E-state index is 12.6. The Bertz CT molecular complexity index is 679. The highest BCUT2D eigenvalue weighted by Crippen LogP contribution is 2.32. The maximum Gasteiger partial charge on any atom is 0.244 e. The van der Waals surface area contributed by atoms with Crippen LogP contribution in [0.5, 0.6) is 0 Å². The van der Waals surface area contributed by atoms with E-state index in [0.29, 0.717) is 13.1 Å². The average Bonchev–Trinajstić information content (AvgIpc) is 2.41.